The van der Waals surface area contributed by atoms with Crippen molar-refractivity contribution in [3.63, 3.8) is 0 Å². The zero-order valence-electron chi connectivity index (χ0n) is 7.45. The minimum atomic E-state index is -0.415. The van der Waals surface area contributed by atoms with Crippen LogP contribution in [-0.4, -0.2) is 4.33 Å². The third-order valence-electron chi connectivity index (χ3n) is 2.64. The van der Waals surface area contributed by atoms with E-state index in [1.807, 2.05) is 0 Å². The van der Waals surface area contributed by atoms with E-state index in [1.165, 1.54) is 6.42 Å². The molecule has 1 aliphatic carbocycles. The lowest BCUT2D eigenvalue weighted by Gasteiger charge is -2.12. The van der Waals surface area contributed by atoms with E-state index in [2.05, 4.69) is 20.8 Å². The number of alkyl halides is 2. The predicted molar refractivity (Wildman–Crippen MR) is 51.2 cm³/mol. The molecule has 1 fully saturated rings. The molecule has 1 rings (SSSR count). The van der Waals surface area contributed by atoms with E-state index >= 15 is 0 Å². The summed E-state index contributed by atoms with van der Waals surface area (Å²) in [6, 6.07) is 0. The molecule has 0 amide bonds. The van der Waals surface area contributed by atoms with Crippen molar-refractivity contribution >= 4 is 23.2 Å². The van der Waals surface area contributed by atoms with Crippen molar-refractivity contribution < 1.29 is 0 Å². The Kier molecular flexibility index (Phi) is 2.47. The van der Waals surface area contributed by atoms with Crippen molar-refractivity contribution in [2.75, 3.05) is 0 Å². The summed E-state index contributed by atoms with van der Waals surface area (Å²) < 4.78 is -0.415. The van der Waals surface area contributed by atoms with Crippen LogP contribution < -0.4 is 0 Å². The van der Waals surface area contributed by atoms with Crippen LogP contribution >= 0.6 is 23.2 Å². The molecule has 0 aromatic rings. The SMILES string of the molecule is CC(C)CCC1(C)CC1(Cl)Cl. The Labute approximate surface area is 79.3 Å². The van der Waals surface area contributed by atoms with E-state index in [-0.39, 0.29) is 5.41 Å². The van der Waals surface area contributed by atoms with Gasteiger partial charge in [-0.2, -0.15) is 0 Å². The lowest BCUT2D eigenvalue weighted by Crippen LogP contribution is -2.05. The molecule has 0 heterocycles. The van der Waals surface area contributed by atoms with E-state index in [1.54, 1.807) is 0 Å². The average Bonchev–Trinajstić information content (AvgIpc) is 2.29. The number of halogens is 2. The molecule has 1 saturated carbocycles. The standard InChI is InChI=1S/C9H16Cl2/c1-7(2)4-5-8(3)6-9(8,10)11/h7H,4-6H2,1-3H3. The van der Waals surface area contributed by atoms with Gasteiger partial charge in [0.05, 0.1) is 0 Å². The van der Waals surface area contributed by atoms with Crippen molar-refractivity contribution in [3.05, 3.63) is 0 Å². The molecule has 11 heavy (non-hydrogen) atoms. The van der Waals surface area contributed by atoms with Gasteiger partial charge in [-0.05, 0) is 18.8 Å². The molecule has 66 valence electrons. The smallest absolute Gasteiger partial charge is 0.101 e. The average molecular weight is 195 g/mol. The first-order valence-corrected chi connectivity index (χ1v) is 5.01. The topological polar surface area (TPSA) is 0 Å². The van der Waals surface area contributed by atoms with Gasteiger partial charge in [-0.25, -0.2) is 0 Å². The summed E-state index contributed by atoms with van der Waals surface area (Å²) in [7, 11) is 0. The normalized spacial score (nSPS) is 34.4. The van der Waals surface area contributed by atoms with Gasteiger partial charge in [0.2, 0.25) is 0 Å². The largest absolute Gasteiger partial charge is 0.124 e. The van der Waals surface area contributed by atoms with Crippen molar-refractivity contribution in [2.45, 2.75) is 44.4 Å². The molecule has 1 unspecified atom stereocenters. The minimum absolute atomic E-state index is 0.209. The van der Waals surface area contributed by atoms with Gasteiger partial charge >= 0.3 is 0 Å². The quantitative estimate of drug-likeness (QED) is 0.597. The van der Waals surface area contributed by atoms with Crippen LogP contribution in [0.3, 0.4) is 0 Å². The minimum Gasteiger partial charge on any atom is -0.101 e. The highest BCUT2D eigenvalue weighted by Gasteiger charge is 2.61. The molecular formula is C9H16Cl2. The molecule has 0 saturated heterocycles. The Balaban J connectivity index is 2.29. The van der Waals surface area contributed by atoms with Gasteiger partial charge in [-0.1, -0.05) is 27.2 Å². The first-order chi connectivity index (χ1) is 4.87. The van der Waals surface area contributed by atoms with Crippen LogP contribution in [0.1, 0.15) is 40.0 Å². The highest BCUT2D eigenvalue weighted by molar-refractivity contribution is 6.51. The summed E-state index contributed by atoms with van der Waals surface area (Å²) in [5.74, 6) is 0.761. The Morgan fingerprint density at radius 3 is 2.09 bits per heavy atom. The highest BCUT2D eigenvalue weighted by atomic mass is 35.5. The van der Waals surface area contributed by atoms with E-state index in [4.69, 9.17) is 23.2 Å². The Hall–Kier alpha value is 0.580. The second-order valence-electron chi connectivity index (χ2n) is 4.37. The van der Waals surface area contributed by atoms with Crippen LogP contribution in [0.5, 0.6) is 0 Å². The molecule has 0 bridgehead atoms. The first-order valence-electron chi connectivity index (χ1n) is 4.25. The summed E-state index contributed by atoms with van der Waals surface area (Å²) in [5.41, 5.74) is 0.209. The molecular weight excluding hydrogens is 179 g/mol. The molecule has 0 nitrogen and oxygen atoms in total. The maximum absolute atomic E-state index is 6.00. The summed E-state index contributed by atoms with van der Waals surface area (Å²) in [5, 5.41) is 0. The Morgan fingerprint density at radius 1 is 1.36 bits per heavy atom. The van der Waals surface area contributed by atoms with E-state index < -0.39 is 4.33 Å². The fourth-order valence-corrected chi connectivity index (χ4v) is 2.10. The van der Waals surface area contributed by atoms with Crippen LogP contribution in [0.4, 0.5) is 0 Å². The fourth-order valence-electron chi connectivity index (χ4n) is 1.32. The maximum atomic E-state index is 6.00. The predicted octanol–water partition coefficient (Wildman–Crippen LogP) is 4.01. The van der Waals surface area contributed by atoms with Gasteiger partial charge in [-0.3, -0.25) is 0 Å². The molecule has 0 N–H and O–H groups in total. The highest BCUT2D eigenvalue weighted by Crippen LogP contribution is 2.66. The van der Waals surface area contributed by atoms with Crippen LogP contribution in [0.15, 0.2) is 0 Å². The van der Waals surface area contributed by atoms with Gasteiger partial charge in [0.1, 0.15) is 4.33 Å². The van der Waals surface area contributed by atoms with E-state index in [0.29, 0.717) is 0 Å². The number of hydrogen-bond acceptors (Lipinski definition) is 0. The fraction of sp³-hybridized carbons (Fsp3) is 1.00. The monoisotopic (exact) mass is 194 g/mol. The maximum Gasteiger partial charge on any atom is 0.124 e. The van der Waals surface area contributed by atoms with Crippen molar-refractivity contribution in [3.8, 4) is 0 Å². The summed E-state index contributed by atoms with van der Waals surface area (Å²) >= 11 is 12.0. The molecule has 0 aromatic carbocycles. The van der Waals surface area contributed by atoms with Gasteiger partial charge in [0.15, 0.2) is 0 Å². The number of hydrogen-bond donors (Lipinski definition) is 0. The van der Waals surface area contributed by atoms with E-state index in [0.717, 1.165) is 18.8 Å². The molecule has 1 atom stereocenters. The van der Waals surface area contributed by atoms with Gasteiger partial charge < -0.3 is 0 Å². The Bertz CT molecular complexity index is 152. The first kappa shape index (κ1) is 9.67. The lowest BCUT2D eigenvalue weighted by molar-refractivity contribution is 0.431. The molecule has 0 aliphatic heterocycles. The molecule has 0 aromatic heterocycles. The third-order valence-corrected chi connectivity index (χ3v) is 3.82. The molecule has 0 radical (unpaired) electrons. The summed E-state index contributed by atoms with van der Waals surface area (Å²) in [6.45, 7) is 6.64. The van der Waals surface area contributed by atoms with E-state index in [9.17, 15) is 0 Å². The van der Waals surface area contributed by atoms with Gasteiger partial charge in [0.25, 0.3) is 0 Å². The zero-order valence-corrected chi connectivity index (χ0v) is 8.97. The Morgan fingerprint density at radius 2 is 1.82 bits per heavy atom. The van der Waals surface area contributed by atoms with Gasteiger partial charge in [-0.15, -0.1) is 23.2 Å². The van der Waals surface area contributed by atoms with Gasteiger partial charge in [0, 0.05) is 5.41 Å². The third kappa shape index (κ3) is 2.03. The summed E-state index contributed by atoms with van der Waals surface area (Å²) in [4.78, 5) is 0. The molecule has 0 spiro atoms. The van der Waals surface area contributed by atoms with Crippen molar-refractivity contribution in [2.24, 2.45) is 11.3 Å². The molecule has 1 aliphatic rings. The second-order valence-corrected chi connectivity index (χ2v) is 5.86. The summed E-state index contributed by atoms with van der Waals surface area (Å²) in [6.07, 6.45) is 3.37. The molecule has 2 heteroatoms. The number of rotatable bonds is 3. The van der Waals surface area contributed by atoms with Crippen LogP contribution in [0.2, 0.25) is 0 Å². The van der Waals surface area contributed by atoms with Crippen LogP contribution in [-0.2, 0) is 0 Å². The van der Waals surface area contributed by atoms with Crippen molar-refractivity contribution in [1.29, 1.82) is 0 Å². The second kappa shape index (κ2) is 2.81. The van der Waals surface area contributed by atoms with Crippen LogP contribution in [0, 0.1) is 11.3 Å². The zero-order chi connectivity index (χ0) is 8.70. The van der Waals surface area contributed by atoms with Crippen LogP contribution in [0.25, 0.3) is 0 Å². The van der Waals surface area contributed by atoms with Crippen molar-refractivity contribution in [1.82, 2.24) is 0 Å². The lowest BCUT2D eigenvalue weighted by atomic mass is 9.97.